The molecule has 1 unspecified atom stereocenters. The van der Waals surface area contributed by atoms with Crippen LogP contribution in [0, 0.1) is 0 Å². The molecule has 0 saturated heterocycles. The number of rotatable bonds is 2. The van der Waals surface area contributed by atoms with Crippen LogP contribution in [0.2, 0.25) is 10.0 Å². The highest BCUT2D eigenvalue weighted by Crippen LogP contribution is 2.31. The van der Waals surface area contributed by atoms with Crippen LogP contribution in [0.3, 0.4) is 0 Å². The van der Waals surface area contributed by atoms with Gasteiger partial charge in [-0.1, -0.05) is 47.5 Å². The number of hydrogen-bond acceptors (Lipinski definition) is 1. The summed E-state index contributed by atoms with van der Waals surface area (Å²) >= 11 is 12.0. The van der Waals surface area contributed by atoms with E-state index in [2.05, 4.69) is 17.4 Å². The number of nitrogens with one attached hydrogen (secondary N) is 1. The lowest BCUT2D eigenvalue weighted by Gasteiger charge is -2.15. The summed E-state index contributed by atoms with van der Waals surface area (Å²) in [5.41, 5.74) is 2.91. The van der Waals surface area contributed by atoms with Gasteiger partial charge in [-0.25, -0.2) is 0 Å². The van der Waals surface area contributed by atoms with Crippen molar-refractivity contribution < 1.29 is 4.79 Å². The van der Waals surface area contributed by atoms with Crippen LogP contribution < -0.4 is 5.32 Å². The highest BCUT2D eigenvalue weighted by molar-refractivity contribution is 6.35. The molecule has 2 aromatic rings. The normalized spacial score (nSPS) is 16.8. The second kappa shape index (κ2) is 5.47. The maximum Gasteiger partial charge on any atom is 0.253 e. The summed E-state index contributed by atoms with van der Waals surface area (Å²) in [6.07, 6.45) is 1.91. The second-order valence-electron chi connectivity index (χ2n) is 4.89. The number of aryl methyl sites for hydroxylation is 1. The van der Waals surface area contributed by atoms with Gasteiger partial charge in [0.05, 0.1) is 16.6 Å². The molecule has 1 atom stereocenters. The van der Waals surface area contributed by atoms with Crippen molar-refractivity contribution in [1.82, 2.24) is 5.32 Å². The Labute approximate surface area is 127 Å². The Bertz CT molecular complexity index is 669. The minimum absolute atomic E-state index is 0.0498. The number of amides is 1. The van der Waals surface area contributed by atoms with Gasteiger partial charge < -0.3 is 5.32 Å². The number of carbonyl (C=O) groups is 1. The summed E-state index contributed by atoms with van der Waals surface area (Å²) in [5, 5.41) is 3.96. The van der Waals surface area contributed by atoms with Gasteiger partial charge in [0.15, 0.2) is 0 Å². The molecule has 1 aliphatic carbocycles. The van der Waals surface area contributed by atoms with E-state index < -0.39 is 0 Å². The van der Waals surface area contributed by atoms with Gasteiger partial charge in [-0.05, 0) is 42.2 Å². The highest BCUT2D eigenvalue weighted by Gasteiger charge is 2.24. The molecular weight excluding hydrogens is 293 g/mol. The average molecular weight is 306 g/mol. The van der Waals surface area contributed by atoms with Crippen LogP contribution in [0.1, 0.15) is 33.9 Å². The maximum absolute atomic E-state index is 12.3. The molecule has 0 radical (unpaired) electrons. The first-order valence-corrected chi connectivity index (χ1v) is 7.24. The Morgan fingerprint density at radius 3 is 2.80 bits per heavy atom. The van der Waals surface area contributed by atoms with Crippen molar-refractivity contribution in [2.24, 2.45) is 0 Å². The summed E-state index contributed by atoms with van der Waals surface area (Å²) < 4.78 is 0. The molecule has 20 heavy (non-hydrogen) atoms. The van der Waals surface area contributed by atoms with E-state index in [4.69, 9.17) is 23.2 Å². The van der Waals surface area contributed by atoms with E-state index in [1.807, 2.05) is 12.1 Å². The first-order chi connectivity index (χ1) is 9.65. The molecule has 2 nitrogen and oxygen atoms in total. The molecule has 0 fully saturated rings. The molecule has 1 aliphatic rings. The minimum atomic E-state index is -0.181. The molecule has 1 amide bonds. The van der Waals surface area contributed by atoms with E-state index in [1.165, 1.54) is 11.1 Å². The fraction of sp³-hybridized carbons (Fsp3) is 0.188. The largest absolute Gasteiger partial charge is 0.345 e. The van der Waals surface area contributed by atoms with Crippen LogP contribution in [-0.4, -0.2) is 5.91 Å². The van der Waals surface area contributed by atoms with E-state index in [-0.39, 0.29) is 11.9 Å². The summed E-state index contributed by atoms with van der Waals surface area (Å²) in [7, 11) is 0. The van der Waals surface area contributed by atoms with Crippen LogP contribution in [0.4, 0.5) is 0 Å². The second-order valence-corrected chi connectivity index (χ2v) is 5.73. The summed E-state index contributed by atoms with van der Waals surface area (Å²) in [6.45, 7) is 0. The van der Waals surface area contributed by atoms with E-state index in [0.717, 1.165) is 12.8 Å². The summed E-state index contributed by atoms with van der Waals surface area (Å²) in [6, 6.07) is 13.1. The van der Waals surface area contributed by atoms with Crippen LogP contribution >= 0.6 is 23.2 Å². The van der Waals surface area contributed by atoms with Crippen molar-refractivity contribution in [3.8, 4) is 0 Å². The predicted molar refractivity (Wildman–Crippen MR) is 81.4 cm³/mol. The van der Waals surface area contributed by atoms with Crippen LogP contribution in [0.15, 0.2) is 42.5 Å². The molecule has 3 rings (SSSR count). The quantitative estimate of drug-likeness (QED) is 0.875. The smallest absolute Gasteiger partial charge is 0.253 e. The standard InChI is InChI=1S/C16H13Cl2NO/c17-11-6-7-14(18)13(9-11)16(20)19-15-8-5-10-3-1-2-4-12(10)15/h1-4,6-7,9,15H,5,8H2,(H,19,20). The Morgan fingerprint density at radius 2 is 1.95 bits per heavy atom. The Kier molecular flexibility index (Phi) is 3.68. The summed E-state index contributed by atoms with van der Waals surface area (Å²) in [4.78, 5) is 12.3. The Balaban J connectivity index is 1.82. The first kappa shape index (κ1) is 13.5. The molecule has 0 saturated carbocycles. The zero-order valence-corrected chi connectivity index (χ0v) is 12.2. The van der Waals surface area contributed by atoms with Crippen LogP contribution in [-0.2, 0) is 6.42 Å². The lowest BCUT2D eigenvalue weighted by molar-refractivity contribution is 0.0937. The lowest BCUT2D eigenvalue weighted by atomic mass is 10.1. The Hall–Kier alpha value is -1.51. The number of carbonyl (C=O) groups excluding carboxylic acids is 1. The zero-order chi connectivity index (χ0) is 14.1. The van der Waals surface area contributed by atoms with E-state index >= 15 is 0 Å². The van der Waals surface area contributed by atoms with Crippen LogP contribution in [0.5, 0.6) is 0 Å². The molecule has 1 N–H and O–H groups in total. The molecule has 0 aliphatic heterocycles. The van der Waals surface area contributed by atoms with Crippen molar-refractivity contribution in [2.45, 2.75) is 18.9 Å². The lowest BCUT2D eigenvalue weighted by Crippen LogP contribution is -2.27. The third-order valence-corrected chi connectivity index (χ3v) is 4.18. The molecule has 102 valence electrons. The number of benzene rings is 2. The van der Waals surface area contributed by atoms with Crippen LogP contribution in [0.25, 0.3) is 0 Å². The molecular formula is C16H13Cl2NO. The third-order valence-electron chi connectivity index (χ3n) is 3.61. The van der Waals surface area contributed by atoms with Gasteiger partial charge in [-0.15, -0.1) is 0 Å². The van der Waals surface area contributed by atoms with Gasteiger partial charge in [0.2, 0.25) is 0 Å². The molecule has 2 aromatic carbocycles. The monoisotopic (exact) mass is 305 g/mol. The number of fused-ring (bicyclic) bond motifs is 1. The van der Waals surface area contributed by atoms with Crippen molar-refractivity contribution in [3.63, 3.8) is 0 Å². The predicted octanol–water partition coefficient (Wildman–Crippen LogP) is 4.41. The van der Waals surface area contributed by atoms with Crippen molar-refractivity contribution in [1.29, 1.82) is 0 Å². The van der Waals surface area contributed by atoms with E-state index in [1.54, 1.807) is 18.2 Å². The van der Waals surface area contributed by atoms with Crippen molar-refractivity contribution in [3.05, 3.63) is 69.2 Å². The molecule has 4 heteroatoms. The van der Waals surface area contributed by atoms with Gasteiger partial charge in [0.25, 0.3) is 5.91 Å². The zero-order valence-electron chi connectivity index (χ0n) is 10.7. The number of halogens is 2. The first-order valence-electron chi connectivity index (χ1n) is 6.49. The van der Waals surface area contributed by atoms with E-state index in [0.29, 0.717) is 15.6 Å². The SMILES string of the molecule is O=C(NC1CCc2ccccc21)c1cc(Cl)ccc1Cl. The van der Waals surface area contributed by atoms with Gasteiger partial charge in [0.1, 0.15) is 0 Å². The average Bonchev–Trinajstić information content (AvgIpc) is 2.85. The topological polar surface area (TPSA) is 29.1 Å². The third kappa shape index (κ3) is 2.54. The fourth-order valence-corrected chi connectivity index (χ4v) is 2.99. The maximum atomic E-state index is 12.3. The molecule has 0 bridgehead atoms. The number of hydrogen-bond donors (Lipinski definition) is 1. The summed E-state index contributed by atoms with van der Waals surface area (Å²) in [5.74, 6) is -0.181. The highest BCUT2D eigenvalue weighted by atomic mass is 35.5. The van der Waals surface area contributed by atoms with Gasteiger partial charge in [0, 0.05) is 5.02 Å². The van der Waals surface area contributed by atoms with Crippen molar-refractivity contribution >= 4 is 29.1 Å². The van der Waals surface area contributed by atoms with E-state index in [9.17, 15) is 4.79 Å². The fourth-order valence-electron chi connectivity index (χ4n) is 2.61. The Morgan fingerprint density at radius 1 is 1.15 bits per heavy atom. The van der Waals surface area contributed by atoms with Gasteiger partial charge in [-0.3, -0.25) is 4.79 Å². The minimum Gasteiger partial charge on any atom is -0.345 e. The van der Waals surface area contributed by atoms with Gasteiger partial charge in [-0.2, -0.15) is 0 Å². The molecule has 0 spiro atoms. The van der Waals surface area contributed by atoms with Gasteiger partial charge >= 0.3 is 0 Å². The molecule has 0 aromatic heterocycles. The molecule has 0 heterocycles. The van der Waals surface area contributed by atoms with Crippen molar-refractivity contribution in [2.75, 3.05) is 0 Å².